The van der Waals surface area contributed by atoms with E-state index in [0.29, 0.717) is 5.41 Å². The van der Waals surface area contributed by atoms with Gasteiger partial charge in [-0.25, -0.2) is 0 Å². The van der Waals surface area contributed by atoms with E-state index in [0.717, 1.165) is 12.6 Å². The highest BCUT2D eigenvalue weighted by molar-refractivity contribution is 7.99. The van der Waals surface area contributed by atoms with Crippen molar-refractivity contribution in [2.75, 3.05) is 24.6 Å². The van der Waals surface area contributed by atoms with Crippen LogP contribution in [0.2, 0.25) is 0 Å². The number of rotatable bonds is 3. The zero-order valence-corrected chi connectivity index (χ0v) is 13.2. The molecule has 2 saturated heterocycles. The van der Waals surface area contributed by atoms with Crippen molar-refractivity contribution in [3.8, 4) is 0 Å². The van der Waals surface area contributed by atoms with Crippen LogP contribution < -0.4 is 5.73 Å². The molecular weight excluding hydrogens is 240 g/mol. The summed E-state index contributed by atoms with van der Waals surface area (Å²) in [6, 6.07) is 0.764. The largest absolute Gasteiger partial charge is 0.329 e. The summed E-state index contributed by atoms with van der Waals surface area (Å²) in [6.45, 7) is 9.32. The fraction of sp³-hybridized carbons (Fsp3) is 1.00. The van der Waals surface area contributed by atoms with E-state index in [-0.39, 0.29) is 5.54 Å². The van der Waals surface area contributed by atoms with Crippen molar-refractivity contribution in [1.82, 2.24) is 4.90 Å². The molecule has 2 aliphatic rings. The summed E-state index contributed by atoms with van der Waals surface area (Å²) >= 11 is 2.11. The summed E-state index contributed by atoms with van der Waals surface area (Å²) in [5.74, 6) is 2.53. The monoisotopic (exact) mass is 270 g/mol. The van der Waals surface area contributed by atoms with Crippen LogP contribution >= 0.6 is 11.8 Å². The highest BCUT2D eigenvalue weighted by atomic mass is 32.2. The molecule has 0 aliphatic carbocycles. The second-order valence-electron chi connectivity index (χ2n) is 6.67. The van der Waals surface area contributed by atoms with E-state index in [1.54, 1.807) is 0 Å². The van der Waals surface area contributed by atoms with Crippen LogP contribution in [0.4, 0.5) is 0 Å². The Hall–Kier alpha value is 0.270. The molecule has 2 N–H and O–H groups in total. The van der Waals surface area contributed by atoms with E-state index in [1.807, 2.05) is 0 Å². The number of hydrogen-bond donors (Lipinski definition) is 1. The molecule has 0 saturated carbocycles. The fourth-order valence-corrected chi connectivity index (χ4v) is 5.72. The van der Waals surface area contributed by atoms with Crippen molar-refractivity contribution in [3.05, 3.63) is 0 Å². The number of hydrogen-bond acceptors (Lipinski definition) is 3. The van der Waals surface area contributed by atoms with Crippen molar-refractivity contribution in [3.63, 3.8) is 0 Å². The Balaban J connectivity index is 2.29. The molecule has 0 aromatic rings. The molecule has 2 atom stereocenters. The molecule has 3 heteroatoms. The van der Waals surface area contributed by atoms with Crippen LogP contribution in [0, 0.1) is 5.41 Å². The summed E-state index contributed by atoms with van der Waals surface area (Å²) in [4.78, 5) is 2.81. The number of nitrogens with zero attached hydrogens (tertiary/aromatic N) is 1. The molecule has 106 valence electrons. The predicted octanol–water partition coefficient (Wildman–Crippen LogP) is 3.11. The minimum Gasteiger partial charge on any atom is -0.329 e. The molecule has 2 fully saturated rings. The molecule has 2 rings (SSSR count). The molecule has 18 heavy (non-hydrogen) atoms. The maximum absolute atomic E-state index is 6.31. The van der Waals surface area contributed by atoms with E-state index in [1.165, 1.54) is 50.2 Å². The zero-order chi connectivity index (χ0) is 13.2. The Kier molecular flexibility index (Phi) is 4.66. The van der Waals surface area contributed by atoms with Crippen LogP contribution in [0.15, 0.2) is 0 Å². The molecule has 2 nitrogen and oxygen atoms in total. The predicted molar refractivity (Wildman–Crippen MR) is 82.1 cm³/mol. The van der Waals surface area contributed by atoms with Gasteiger partial charge in [-0.3, -0.25) is 4.90 Å². The Morgan fingerprint density at radius 2 is 2.11 bits per heavy atom. The molecule has 2 unspecified atom stereocenters. The van der Waals surface area contributed by atoms with Gasteiger partial charge in [0.05, 0.1) is 0 Å². The van der Waals surface area contributed by atoms with Gasteiger partial charge in [0.25, 0.3) is 0 Å². The summed E-state index contributed by atoms with van der Waals surface area (Å²) in [7, 11) is 0. The van der Waals surface area contributed by atoms with Crippen LogP contribution in [0.5, 0.6) is 0 Å². The fourth-order valence-electron chi connectivity index (χ4n) is 3.91. The summed E-state index contributed by atoms with van der Waals surface area (Å²) in [5, 5.41) is 0. The van der Waals surface area contributed by atoms with E-state index < -0.39 is 0 Å². The Labute approximate surface area is 117 Å². The van der Waals surface area contributed by atoms with Crippen molar-refractivity contribution in [2.45, 2.75) is 64.5 Å². The number of nitrogens with two attached hydrogens (primary N) is 1. The Morgan fingerprint density at radius 1 is 1.33 bits per heavy atom. The average molecular weight is 270 g/mol. The smallest absolute Gasteiger partial charge is 0.0475 e. The summed E-state index contributed by atoms with van der Waals surface area (Å²) in [6.07, 6.45) is 6.73. The summed E-state index contributed by atoms with van der Waals surface area (Å²) < 4.78 is 0. The highest BCUT2D eigenvalue weighted by Crippen LogP contribution is 2.47. The normalized spacial score (nSPS) is 37.7. The Bertz CT molecular complexity index is 280. The first-order valence-corrected chi connectivity index (χ1v) is 8.77. The molecule has 0 radical (unpaired) electrons. The van der Waals surface area contributed by atoms with E-state index in [9.17, 15) is 0 Å². The minimum absolute atomic E-state index is 0.233. The first kappa shape index (κ1) is 14.7. The molecular formula is C15H30N2S. The molecule has 0 aromatic carbocycles. The Morgan fingerprint density at radius 3 is 2.72 bits per heavy atom. The van der Waals surface area contributed by atoms with Gasteiger partial charge in [0, 0.05) is 23.9 Å². The van der Waals surface area contributed by atoms with Crippen LogP contribution in [-0.2, 0) is 0 Å². The van der Waals surface area contributed by atoms with Gasteiger partial charge in [0.15, 0.2) is 0 Å². The minimum atomic E-state index is 0.233. The van der Waals surface area contributed by atoms with Gasteiger partial charge in [0.2, 0.25) is 0 Å². The molecule has 2 heterocycles. The van der Waals surface area contributed by atoms with Crippen molar-refractivity contribution in [1.29, 1.82) is 0 Å². The third-order valence-corrected chi connectivity index (χ3v) is 6.63. The lowest BCUT2D eigenvalue weighted by atomic mass is 9.68. The van der Waals surface area contributed by atoms with Crippen LogP contribution in [0.25, 0.3) is 0 Å². The van der Waals surface area contributed by atoms with Crippen molar-refractivity contribution in [2.24, 2.45) is 11.1 Å². The zero-order valence-electron chi connectivity index (χ0n) is 12.4. The van der Waals surface area contributed by atoms with Gasteiger partial charge in [-0.2, -0.15) is 11.8 Å². The molecule has 0 amide bonds. The summed E-state index contributed by atoms with van der Waals surface area (Å²) in [5.41, 5.74) is 6.90. The average Bonchev–Trinajstić information content (AvgIpc) is 2.39. The highest BCUT2D eigenvalue weighted by Gasteiger charge is 2.51. The van der Waals surface area contributed by atoms with E-state index in [2.05, 4.69) is 37.4 Å². The molecule has 0 bridgehead atoms. The topological polar surface area (TPSA) is 29.3 Å². The van der Waals surface area contributed by atoms with Crippen molar-refractivity contribution < 1.29 is 0 Å². The third kappa shape index (κ3) is 2.34. The van der Waals surface area contributed by atoms with Crippen LogP contribution in [0.1, 0.15) is 52.9 Å². The van der Waals surface area contributed by atoms with E-state index in [4.69, 9.17) is 5.73 Å². The van der Waals surface area contributed by atoms with Crippen LogP contribution in [0.3, 0.4) is 0 Å². The van der Waals surface area contributed by atoms with Crippen molar-refractivity contribution >= 4 is 11.8 Å². The van der Waals surface area contributed by atoms with Gasteiger partial charge in [-0.15, -0.1) is 0 Å². The third-order valence-electron chi connectivity index (χ3n) is 5.46. The maximum atomic E-state index is 6.31. The van der Waals surface area contributed by atoms with Gasteiger partial charge >= 0.3 is 0 Å². The van der Waals surface area contributed by atoms with Gasteiger partial charge in [-0.05, 0) is 43.4 Å². The second kappa shape index (κ2) is 5.72. The quantitative estimate of drug-likeness (QED) is 0.854. The lowest BCUT2D eigenvalue weighted by Crippen LogP contribution is -2.68. The molecule has 2 aliphatic heterocycles. The number of thioether (sulfide) groups is 1. The standard InChI is InChI=1S/C15H30N2S/c1-4-13-7-5-6-9-17(13)15(11-16)12-18-10-8-14(15,2)3/h13H,4-12,16H2,1-3H3. The lowest BCUT2D eigenvalue weighted by molar-refractivity contribution is -0.0447. The second-order valence-corrected chi connectivity index (χ2v) is 7.78. The lowest BCUT2D eigenvalue weighted by Gasteiger charge is -2.59. The van der Waals surface area contributed by atoms with Gasteiger partial charge in [-0.1, -0.05) is 27.2 Å². The first-order valence-electron chi connectivity index (χ1n) is 7.62. The number of piperidine rings is 1. The number of likely N-dealkylation sites (tertiary alicyclic amines) is 1. The first-order chi connectivity index (χ1) is 8.57. The SMILES string of the molecule is CCC1CCCCN1C1(CN)CSCCC1(C)C. The van der Waals surface area contributed by atoms with Gasteiger partial charge in [0.1, 0.15) is 0 Å². The molecule has 0 spiro atoms. The van der Waals surface area contributed by atoms with Gasteiger partial charge < -0.3 is 5.73 Å². The van der Waals surface area contributed by atoms with E-state index >= 15 is 0 Å². The maximum Gasteiger partial charge on any atom is 0.0475 e. The van der Waals surface area contributed by atoms with Crippen LogP contribution in [-0.4, -0.2) is 41.1 Å². The molecule has 0 aromatic heterocycles.